The van der Waals surface area contributed by atoms with Crippen molar-refractivity contribution in [3.05, 3.63) is 79.1 Å². The molecule has 0 aliphatic carbocycles. The lowest BCUT2D eigenvalue weighted by molar-refractivity contribution is -0.132. The molecule has 3 aromatic carbocycles. The molecule has 0 saturated carbocycles. The lowest BCUT2D eigenvalue weighted by Crippen LogP contribution is -2.21. The van der Waals surface area contributed by atoms with Crippen LogP contribution >= 0.6 is 22.6 Å². The van der Waals surface area contributed by atoms with Crippen molar-refractivity contribution in [3.63, 3.8) is 0 Å². The number of hydrogen-bond donors (Lipinski definition) is 0. The van der Waals surface area contributed by atoms with E-state index in [1.54, 1.807) is 18.3 Å². The van der Waals surface area contributed by atoms with E-state index >= 15 is 0 Å². The zero-order chi connectivity index (χ0) is 29.0. The fourth-order valence-electron chi connectivity index (χ4n) is 4.37. The number of aryl methyl sites for hydroxylation is 1. The van der Waals surface area contributed by atoms with Crippen molar-refractivity contribution in [3.8, 4) is 28.6 Å². The molecule has 0 radical (unpaired) electrons. The molecule has 1 aromatic heterocycles. The summed E-state index contributed by atoms with van der Waals surface area (Å²) in [5, 5.41) is 5.09. The van der Waals surface area contributed by atoms with E-state index in [2.05, 4.69) is 41.5 Å². The molecule has 0 saturated heterocycles. The summed E-state index contributed by atoms with van der Waals surface area (Å²) >= 11 is 2.09. The highest BCUT2D eigenvalue weighted by Crippen LogP contribution is 2.35. The monoisotopic (exact) mass is 653 g/mol. The summed E-state index contributed by atoms with van der Waals surface area (Å²) in [6, 6.07) is 14.8. The molecule has 0 bridgehead atoms. The SMILES string of the molecule is CCOc1cc(C)c(-c2nc3ccccc3c(=O)n2N=Cc2cc(I)c(OC(C)=O)c(OCC)c2)cc1C(C)C. The molecular formula is C31H32IN3O5. The first-order valence-corrected chi connectivity index (χ1v) is 14.2. The van der Waals surface area contributed by atoms with Crippen LogP contribution in [0.25, 0.3) is 22.3 Å². The van der Waals surface area contributed by atoms with E-state index in [0.717, 1.165) is 22.4 Å². The first kappa shape index (κ1) is 29.3. The normalized spacial score (nSPS) is 11.4. The largest absolute Gasteiger partial charge is 0.494 e. The minimum atomic E-state index is -0.440. The van der Waals surface area contributed by atoms with Gasteiger partial charge in [-0.15, -0.1) is 0 Å². The third-order valence-electron chi connectivity index (χ3n) is 6.17. The molecule has 40 heavy (non-hydrogen) atoms. The number of carbonyl (C=O) groups excluding carboxylic acids is 1. The Hall–Kier alpha value is -3.73. The number of halogens is 1. The molecule has 0 atom stereocenters. The quantitative estimate of drug-likeness (QED) is 0.0864. The fraction of sp³-hybridized carbons (Fsp3) is 0.290. The van der Waals surface area contributed by atoms with Crippen LogP contribution in [0.3, 0.4) is 0 Å². The second kappa shape index (κ2) is 12.6. The maximum atomic E-state index is 13.8. The van der Waals surface area contributed by atoms with E-state index in [9.17, 15) is 9.59 Å². The molecule has 9 heteroatoms. The van der Waals surface area contributed by atoms with E-state index in [1.807, 2.05) is 57.2 Å². The van der Waals surface area contributed by atoms with Crippen molar-refractivity contribution in [2.45, 2.75) is 47.5 Å². The lowest BCUT2D eigenvalue weighted by Gasteiger charge is -2.18. The second-order valence-corrected chi connectivity index (χ2v) is 10.6. The zero-order valence-corrected chi connectivity index (χ0v) is 25.6. The molecule has 1 heterocycles. The van der Waals surface area contributed by atoms with E-state index in [-0.39, 0.29) is 11.5 Å². The van der Waals surface area contributed by atoms with Gasteiger partial charge in [-0.2, -0.15) is 9.78 Å². The number of para-hydroxylation sites is 1. The Bertz CT molecular complexity index is 1660. The van der Waals surface area contributed by atoms with Crippen LogP contribution in [0.2, 0.25) is 0 Å². The summed E-state index contributed by atoms with van der Waals surface area (Å²) in [7, 11) is 0. The number of ether oxygens (including phenoxy) is 3. The van der Waals surface area contributed by atoms with Gasteiger partial charge in [-0.25, -0.2) is 4.98 Å². The van der Waals surface area contributed by atoms with Gasteiger partial charge in [-0.1, -0.05) is 26.0 Å². The molecule has 208 valence electrons. The van der Waals surface area contributed by atoms with Crippen molar-refractivity contribution in [2.24, 2.45) is 5.10 Å². The molecule has 8 nitrogen and oxygen atoms in total. The van der Waals surface area contributed by atoms with Gasteiger partial charge in [-0.05, 0) is 102 Å². The van der Waals surface area contributed by atoms with Crippen LogP contribution in [-0.4, -0.2) is 35.1 Å². The van der Waals surface area contributed by atoms with Crippen molar-refractivity contribution >= 4 is 45.7 Å². The predicted octanol–water partition coefficient (Wildman–Crippen LogP) is 6.70. The number of fused-ring (bicyclic) bond motifs is 1. The van der Waals surface area contributed by atoms with Gasteiger partial charge in [0.1, 0.15) is 5.75 Å². The van der Waals surface area contributed by atoms with Gasteiger partial charge in [0, 0.05) is 12.5 Å². The predicted molar refractivity (Wildman–Crippen MR) is 166 cm³/mol. The van der Waals surface area contributed by atoms with Crippen LogP contribution < -0.4 is 19.8 Å². The smallest absolute Gasteiger partial charge is 0.308 e. The van der Waals surface area contributed by atoms with Gasteiger partial charge < -0.3 is 14.2 Å². The van der Waals surface area contributed by atoms with E-state index in [1.165, 1.54) is 11.6 Å². The first-order valence-electron chi connectivity index (χ1n) is 13.1. The minimum Gasteiger partial charge on any atom is -0.494 e. The lowest BCUT2D eigenvalue weighted by atomic mass is 9.96. The molecule has 0 spiro atoms. The number of aromatic nitrogens is 2. The topological polar surface area (TPSA) is 92.0 Å². The van der Waals surface area contributed by atoms with Gasteiger partial charge in [0.05, 0.1) is 33.9 Å². The third kappa shape index (κ3) is 6.19. The number of rotatable bonds is 9. The standard InChI is InChI=1S/C31H32IN3O5/c1-7-38-27-13-19(5)24(16-23(27)18(3)4)30-34-26-12-10-9-11-22(26)31(37)35(30)33-17-21-14-25(32)29(40-20(6)36)28(15-21)39-8-2/h9-18H,7-8H2,1-6H3. The van der Waals surface area contributed by atoms with Gasteiger partial charge in [0.2, 0.25) is 0 Å². The Morgan fingerprint density at radius 1 is 1.07 bits per heavy atom. The Kier molecular flexibility index (Phi) is 9.24. The number of nitrogens with zero attached hydrogens (tertiary/aromatic N) is 3. The van der Waals surface area contributed by atoms with E-state index < -0.39 is 5.97 Å². The van der Waals surface area contributed by atoms with Crippen molar-refractivity contribution < 1.29 is 19.0 Å². The van der Waals surface area contributed by atoms with E-state index in [0.29, 0.717) is 50.6 Å². The Labute approximate surface area is 247 Å². The Balaban J connectivity index is 1.93. The highest BCUT2D eigenvalue weighted by molar-refractivity contribution is 14.1. The maximum Gasteiger partial charge on any atom is 0.308 e. The molecular weight excluding hydrogens is 621 g/mol. The van der Waals surface area contributed by atoms with Gasteiger partial charge in [-0.3, -0.25) is 9.59 Å². The molecule has 4 aromatic rings. The van der Waals surface area contributed by atoms with Crippen LogP contribution in [0.15, 0.2) is 58.4 Å². The first-order chi connectivity index (χ1) is 19.1. The highest BCUT2D eigenvalue weighted by atomic mass is 127. The molecule has 4 rings (SSSR count). The number of esters is 1. The van der Waals surface area contributed by atoms with Crippen LogP contribution in [0, 0.1) is 10.5 Å². The molecule has 0 unspecified atom stereocenters. The number of benzene rings is 3. The summed E-state index contributed by atoms with van der Waals surface area (Å²) in [6.45, 7) is 12.3. The Morgan fingerprint density at radius 3 is 2.45 bits per heavy atom. The van der Waals surface area contributed by atoms with Crippen molar-refractivity contribution in [1.82, 2.24) is 9.66 Å². The van der Waals surface area contributed by atoms with Crippen LogP contribution in [-0.2, 0) is 4.79 Å². The van der Waals surface area contributed by atoms with Gasteiger partial charge in [0.25, 0.3) is 5.56 Å². The molecule has 0 aliphatic rings. The third-order valence-corrected chi connectivity index (χ3v) is 6.97. The zero-order valence-electron chi connectivity index (χ0n) is 23.4. The average molecular weight is 654 g/mol. The van der Waals surface area contributed by atoms with Crippen molar-refractivity contribution in [2.75, 3.05) is 13.2 Å². The molecule has 0 fully saturated rings. The summed E-state index contributed by atoms with van der Waals surface area (Å²) in [6.07, 6.45) is 1.58. The fourth-order valence-corrected chi connectivity index (χ4v) is 5.10. The summed E-state index contributed by atoms with van der Waals surface area (Å²) in [4.78, 5) is 30.3. The molecule has 0 N–H and O–H groups in total. The highest BCUT2D eigenvalue weighted by Gasteiger charge is 2.19. The summed E-state index contributed by atoms with van der Waals surface area (Å²) in [5.74, 6) is 1.77. The summed E-state index contributed by atoms with van der Waals surface area (Å²) in [5.41, 5.74) is 3.71. The number of carbonyl (C=O) groups is 1. The van der Waals surface area contributed by atoms with Gasteiger partial charge >= 0.3 is 5.97 Å². The summed E-state index contributed by atoms with van der Waals surface area (Å²) < 4.78 is 19.0. The van der Waals surface area contributed by atoms with Crippen LogP contribution in [0.1, 0.15) is 57.2 Å². The van der Waals surface area contributed by atoms with Crippen LogP contribution in [0.5, 0.6) is 17.2 Å². The van der Waals surface area contributed by atoms with Gasteiger partial charge in [0.15, 0.2) is 17.3 Å². The molecule has 0 amide bonds. The minimum absolute atomic E-state index is 0.194. The van der Waals surface area contributed by atoms with Crippen molar-refractivity contribution in [1.29, 1.82) is 0 Å². The second-order valence-electron chi connectivity index (χ2n) is 9.46. The maximum absolute atomic E-state index is 13.8. The molecule has 0 aliphatic heterocycles. The average Bonchev–Trinajstić information content (AvgIpc) is 2.90. The van der Waals surface area contributed by atoms with E-state index in [4.69, 9.17) is 19.2 Å². The number of hydrogen-bond acceptors (Lipinski definition) is 7. The Morgan fingerprint density at radius 2 is 1.77 bits per heavy atom. The van der Waals surface area contributed by atoms with Crippen LogP contribution in [0.4, 0.5) is 0 Å².